The Labute approximate surface area is 134 Å². The zero-order chi connectivity index (χ0) is 15.6. The first-order valence-electron chi connectivity index (χ1n) is 7.09. The Bertz CT molecular complexity index is 614. The smallest absolute Gasteiger partial charge is 0.124 e. The average Bonchev–Trinajstić information content (AvgIpc) is 2.41. The number of benzene rings is 2. The molecule has 0 radical (unpaired) electrons. The first-order chi connectivity index (χ1) is 9.77. The van der Waals surface area contributed by atoms with Crippen molar-refractivity contribution in [1.82, 2.24) is 0 Å². The van der Waals surface area contributed by atoms with Gasteiger partial charge in [0.25, 0.3) is 0 Å². The molecule has 21 heavy (non-hydrogen) atoms. The fourth-order valence-corrected chi connectivity index (χ4v) is 2.66. The van der Waals surface area contributed by atoms with Crippen LogP contribution in [0.2, 0.25) is 0 Å². The second-order valence-electron chi connectivity index (χ2n) is 6.36. The van der Waals surface area contributed by atoms with E-state index in [-0.39, 0.29) is 17.3 Å². The number of rotatable bonds is 3. The van der Waals surface area contributed by atoms with E-state index in [2.05, 4.69) is 73.2 Å². The van der Waals surface area contributed by atoms with Crippen LogP contribution in [0.4, 0.5) is 10.1 Å². The van der Waals surface area contributed by atoms with Gasteiger partial charge in [0.05, 0.1) is 0 Å². The van der Waals surface area contributed by atoms with E-state index >= 15 is 0 Å². The number of anilines is 1. The van der Waals surface area contributed by atoms with Gasteiger partial charge in [-0.05, 0) is 57.6 Å². The van der Waals surface area contributed by atoms with Crippen LogP contribution in [-0.2, 0) is 5.41 Å². The molecule has 0 bridgehead atoms. The summed E-state index contributed by atoms with van der Waals surface area (Å²) >= 11 is 3.38. The summed E-state index contributed by atoms with van der Waals surface area (Å²) in [5.74, 6) is -0.241. The lowest BCUT2D eigenvalue weighted by Gasteiger charge is -2.21. The number of nitrogens with one attached hydrogen (secondary N) is 1. The molecule has 0 aliphatic carbocycles. The molecule has 0 saturated heterocycles. The lowest BCUT2D eigenvalue weighted by Crippen LogP contribution is -2.12. The molecule has 3 heteroatoms. The molecule has 0 saturated carbocycles. The monoisotopic (exact) mass is 349 g/mol. The molecule has 0 fully saturated rings. The summed E-state index contributed by atoms with van der Waals surface area (Å²) in [7, 11) is 0. The van der Waals surface area contributed by atoms with E-state index in [4.69, 9.17) is 0 Å². The molecule has 1 unspecified atom stereocenters. The molecular weight excluding hydrogens is 329 g/mol. The van der Waals surface area contributed by atoms with Crippen molar-refractivity contribution in [2.45, 2.75) is 39.2 Å². The summed E-state index contributed by atoms with van der Waals surface area (Å²) in [4.78, 5) is 0. The molecule has 112 valence electrons. The lowest BCUT2D eigenvalue weighted by molar-refractivity contribution is 0.589. The van der Waals surface area contributed by atoms with Crippen LogP contribution >= 0.6 is 15.9 Å². The summed E-state index contributed by atoms with van der Waals surface area (Å²) < 4.78 is 13.8. The highest BCUT2D eigenvalue weighted by atomic mass is 79.9. The van der Waals surface area contributed by atoms with Crippen LogP contribution in [0.25, 0.3) is 0 Å². The molecule has 0 amide bonds. The number of halogens is 2. The van der Waals surface area contributed by atoms with Gasteiger partial charge in [0.2, 0.25) is 0 Å². The molecule has 1 nitrogen and oxygen atoms in total. The fourth-order valence-electron chi connectivity index (χ4n) is 2.19. The lowest BCUT2D eigenvalue weighted by atomic mass is 9.86. The largest absolute Gasteiger partial charge is 0.378 e. The van der Waals surface area contributed by atoms with Gasteiger partial charge in [-0.15, -0.1) is 0 Å². The maximum absolute atomic E-state index is 13.1. The van der Waals surface area contributed by atoms with Crippen molar-refractivity contribution >= 4 is 21.6 Å². The molecule has 0 aliphatic rings. The van der Waals surface area contributed by atoms with Crippen molar-refractivity contribution in [3.8, 4) is 0 Å². The van der Waals surface area contributed by atoms with Crippen LogP contribution in [0.1, 0.15) is 44.9 Å². The fraction of sp³-hybridized carbons (Fsp3) is 0.333. The molecular formula is C18H21BrFN. The first-order valence-corrected chi connectivity index (χ1v) is 7.89. The van der Waals surface area contributed by atoms with E-state index in [9.17, 15) is 4.39 Å². The van der Waals surface area contributed by atoms with Gasteiger partial charge in [-0.25, -0.2) is 4.39 Å². The summed E-state index contributed by atoms with van der Waals surface area (Å²) in [6.07, 6.45) is 0. The molecule has 1 N–H and O–H groups in total. The third kappa shape index (κ3) is 4.07. The Morgan fingerprint density at radius 2 is 1.67 bits per heavy atom. The highest BCUT2D eigenvalue weighted by Crippen LogP contribution is 2.28. The second kappa shape index (κ2) is 6.18. The van der Waals surface area contributed by atoms with E-state index in [1.807, 2.05) is 0 Å². The van der Waals surface area contributed by atoms with Crippen molar-refractivity contribution in [2.75, 3.05) is 5.32 Å². The van der Waals surface area contributed by atoms with Crippen LogP contribution in [0.15, 0.2) is 46.9 Å². The van der Waals surface area contributed by atoms with Gasteiger partial charge in [-0.3, -0.25) is 0 Å². The van der Waals surface area contributed by atoms with Crippen molar-refractivity contribution in [3.63, 3.8) is 0 Å². The minimum atomic E-state index is -0.241. The number of hydrogen-bond donors (Lipinski definition) is 1. The Hall–Kier alpha value is -1.35. The van der Waals surface area contributed by atoms with Crippen LogP contribution in [0.3, 0.4) is 0 Å². The van der Waals surface area contributed by atoms with Crippen LogP contribution in [0, 0.1) is 5.82 Å². The molecule has 0 heterocycles. The van der Waals surface area contributed by atoms with Crippen molar-refractivity contribution in [3.05, 3.63) is 63.9 Å². The standard InChI is InChI=1S/C18H21BrFN/c1-12(21-17-10-9-15(20)11-16(17)19)13-5-7-14(8-6-13)18(2,3)4/h5-12,21H,1-4H3. The molecule has 2 aromatic rings. The van der Waals surface area contributed by atoms with Gasteiger partial charge in [0.1, 0.15) is 5.82 Å². The normalized spacial score (nSPS) is 13.0. The highest BCUT2D eigenvalue weighted by Gasteiger charge is 2.14. The molecule has 0 spiro atoms. The predicted molar refractivity (Wildman–Crippen MR) is 91.3 cm³/mol. The third-order valence-electron chi connectivity index (χ3n) is 3.58. The summed E-state index contributed by atoms with van der Waals surface area (Å²) in [5, 5.41) is 3.40. The van der Waals surface area contributed by atoms with Crippen LogP contribution < -0.4 is 5.32 Å². The number of hydrogen-bond acceptors (Lipinski definition) is 1. The predicted octanol–water partition coefficient (Wildman–Crippen LogP) is 6.06. The zero-order valence-electron chi connectivity index (χ0n) is 12.9. The van der Waals surface area contributed by atoms with E-state index < -0.39 is 0 Å². The van der Waals surface area contributed by atoms with Gasteiger partial charge in [-0.1, -0.05) is 45.0 Å². The van der Waals surface area contributed by atoms with Crippen LogP contribution in [-0.4, -0.2) is 0 Å². The molecule has 2 rings (SSSR count). The van der Waals surface area contributed by atoms with E-state index in [0.29, 0.717) is 0 Å². The quantitative estimate of drug-likeness (QED) is 0.710. The Balaban J connectivity index is 2.15. The maximum atomic E-state index is 13.1. The SMILES string of the molecule is CC(Nc1ccc(F)cc1Br)c1ccc(C(C)(C)C)cc1. The Kier molecular flexibility index (Phi) is 4.72. The second-order valence-corrected chi connectivity index (χ2v) is 7.22. The minimum Gasteiger partial charge on any atom is -0.378 e. The average molecular weight is 350 g/mol. The van der Waals surface area contributed by atoms with Crippen LogP contribution in [0.5, 0.6) is 0 Å². The van der Waals surface area contributed by atoms with Gasteiger partial charge >= 0.3 is 0 Å². The van der Waals surface area contributed by atoms with E-state index in [1.165, 1.54) is 23.3 Å². The van der Waals surface area contributed by atoms with E-state index in [0.717, 1.165) is 10.2 Å². The zero-order valence-corrected chi connectivity index (χ0v) is 14.5. The van der Waals surface area contributed by atoms with Gasteiger partial charge in [-0.2, -0.15) is 0 Å². The van der Waals surface area contributed by atoms with Crippen molar-refractivity contribution in [1.29, 1.82) is 0 Å². The Morgan fingerprint density at radius 3 is 2.19 bits per heavy atom. The van der Waals surface area contributed by atoms with Gasteiger partial charge in [0.15, 0.2) is 0 Å². The maximum Gasteiger partial charge on any atom is 0.124 e. The van der Waals surface area contributed by atoms with Crippen molar-refractivity contribution < 1.29 is 4.39 Å². The third-order valence-corrected chi connectivity index (χ3v) is 4.24. The molecule has 0 aliphatic heterocycles. The summed E-state index contributed by atoms with van der Waals surface area (Å²) in [5.41, 5.74) is 3.58. The van der Waals surface area contributed by atoms with E-state index in [1.54, 1.807) is 6.07 Å². The van der Waals surface area contributed by atoms with Gasteiger partial charge < -0.3 is 5.32 Å². The molecule has 1 atom stereocenters. The minimum absolute atomic E-state index is 0.153. The Morgan fingerprint density at radius 1 is 1.05 bits per heavy atom. The first kappa shape index (κ1) is 16.0. The van der Waals surface area contributed by atoms with Gasteiger partial charge in [0, 0.05) is 16.2 Å². The topological polar surface area (TPSA) is 12.0 Å². The summed E-state index contributed by atoms with van der Waals surface area (Å²) in [6, 6.07) is 13.5. The summed E-state index contributed by atoms with van der Waals surface area (Å²) in [6.45, 7) is 8.72. The molecule has 2 aromatic carbocycles. The highest BCUT2D eigenvalue weighted by molar-refractivity contribution is 9.10. The molecule has 0 aromatic heterocycles. The van der Waals surface area contributed by atoms with Crippen molar-refractivity contribution in [2.24, 2.45) is 0 Å².